The van der Waals surface area contributed by atoms with Crippen LogP contribution in [-0.4, -0.2) is 9.97 Å². The number of aromatic nitrogens is 2. The van der Waals surface area contributed by atoms with Crippen molar-refractivity contribution < 1.29 is 4.57 Å². The molecule has 1 heterocycles. The lowest BCUT2D eigenvalue weighted by molar-refractivity contribution is 0.592. The molecule has 0 unspecified atom stereocenters. The van der Waals surface area contributed by atoms with E-state index in [2.05, 4.69) is 0 Å². The van der Waals surface area contributed by atoms with Crippen LogP contribution in [0.1, 0.15) is 0 Å². The van der Waals surface area contributed by atoms with Crippen molar-refractivity contribution in [2.24, 2.45) is 0 Å². The molecule has 0 fully saturated rings. The van der Waals surface area contributed by atoms with Gasteiger partial charge in [0, 0.05) is 16.2 Å². The maximum atomic E-state index is 15.0. The lowest BCUT2D eigenvalue weighted by atomic mass is 10.1. The van der Waals surface area contributed by atoms with Gasteiger partial charge in [0.25, 0.3) is 0 Å². The summed E-state index contributed by atoms with van der Waals surface area (Å²) in [5.74, 6) is 0. The molecule has 0 amide bonds. The largest absolute Gasteiger partial charge is 0.307 e. The van der Waals surface area contributed by atoms with Gasteiger partial charge in [0.15, 0.2) is 7.14 Å². The van der Waals surface area contributed by atoms with Crippen LogP contribution in [0.3, 0.4) is 0 Å². The van der Waals surface area contributed by atoms with Gasteiger partial charge in [0.2, 0.25) is 0 Å². The molecule has 30 heavy (non-hydrogen) atoms. The van der Waals surface area contributed by atoms with E-state index in [-0.39, 0.29) is 0 Å². The average molecular weight is 406 g/mol. The number of fused-ring (bicyclic) bond motifs is 1. The summed E-state index contributed by atoms with van der Waals surface area (Å²) < 4.78 is 15.0. The second-order valence-electron chi connectivity index (χ2n) is 7.03. The molecule has 0 saturated heterocycles. The van der Waals surface area contributed by atoms with E-state index >= 15 is 0 Å². The van der Waals surface area contributed by atoms with Crippen molar-refractivity contribution in [1.82, 2.24) is 9.97 Å². The minimum atomic E-state index is -3.26. The van der Waals surface area contributed by atoms with Crippen LogP contribution in [0.4, 0.5) is 0 Å². The highest BCUT2D eigenvalue weighted by Crippen LogP contribution is 2.44. The van der Waals surface area contributed by atoms with E-state index < -0.39 is 7.14 Å². The Hall–Kier alpha value is -3.55. The van der Waals surface area contributed by atoms with Gasteiger partial charge in [-0.2, -0.15) is 0 Å². The van der Waals surface area contributed by atoms with Gasteiger partial charge >= 0.3 is 0 Å². The molecular formula is C26H19N2OP. The highest BCUT2D eigenvalue weighted by molar-refractivity contribution is 7.85. The lowest BCUT2D eigenvalue weighted by Gasteiger charge is -2.21. The Balaban J connectivity index is 1.90. The first-order valence-corrected chi connectivity index (χ1v) is 11.5. The Bertz CT molecular complexity index is 1310. The summed E-state index contributed by atoms with van der Waals surface area (Å²) in [5, 5.41) is 1.50. The first-order chi connectivity index (χ1) is 14.8. The summed E-state index contributed by atoms with van der Waals surface area (Å²) in [4.78, 5) is 9.88. The predicted molar refractivity (Wildman–Crippen MR) is 124 cm³/mol. The minimum absolute atomic E-state index is 0.518. The Morgan fingerprint density at radius 2 is 0.933 bits per heavy atom. The standard InChI is InChI=1S/C26H19N2OP/c29-30(21-14-6-2-7-15-21,22-16-8-3-9-17-22)26-25(20-12-4-1-5-13-20)27-23-18-10-11-19-24(23)28-26/h1-19H. The van der Waals surface area contributed by atoms with E-state index in [0.29, 0.717) is 11.1 Å². The summed E-state index contributed by atoms with van der Waals surface area (Å²) in [6, 6.07) is 36.8. The molecule has 0 N–H and O–H groups in total. The van der Waals surface area contributed by atoms with Gasteiger partial charge < -0.3 is 4.57 Å². The Morgan fingerprint density at radius 3 is 1.47 bits per heavy atom. The summed E-state index contributed by atoms with van der Waals surface area (Å²) in [6.07, 6.45) is 0. The molecule has 0 aliphatic rings. The van der Waals surface area contributed by atoms with Crippen LogP contribution in [0.2, 0.25) is 0 Å². The van der Waals surface area contributed by atoms with E-state index in [1.54, 1.807) is 0 Å². The van der Waals surface area contributed by atoms with E-state index in [0.717, 1.165) is 27.2 Å². The average Bonchev–Trinajstić information content (AvgIpc) is 2.84. The Kier molecular flexibility index (Phi) is 4.74. The smallest absolute Gasteiger partial charge is 0.190 e. The van der Waals surface area contributed by atoms with Gasteiger partial charge in [-0.1, -0.05) is 103 Å². The second-order valence-corrected chi connectivity index (χ2v) is 9.71. The van der Waals surface area contributed by atoms with Crippen LogP contribution >= 0.6 is 7.14 Å². The first kappa shape index (κ1) is 18.5. The van der Waals surface area contributed by atoms with Gasteiger partial charge in [-0.3, -0.25) is 0 Å². The second kappa shape index (κ2) is 7.70. The topological polar surface area (TPSA) is 42.9 Å². The molecule has 0 aliphatic carbocycles. The minimum Gasteiger partial charge on any atom is -0.307 e. The molecule has 0 aliphatic heterocycles. The van der Waals surface area contributed by atoms with Crippen molar-refractivity contribution in [1.29, 1.82) is 0 Å². The summed E-state index contributed by atoms with van der Waals surface area (Å²) in [7, 11) is -3.26. The van der Waals surface area contributed by atoms with Crippen LogP contribution in [-0.2, 0) is 4.57 Å². The van der Waals surface area contributed by atoms with Crippen LogP contribution in [0.15, 0.2) is 115 Å². The quantitative estimate of drug-likeness (QED) is 0.397. The van der Waals surface area contributed by atoms with Crippen molar-refractivity contribution in [3.05, 3.63) is 115 Å². The molecule has 0 bridgehead atoms. The maximum absolute atomic E-state index is 15.0. The van der Waals surface area contributed by atoms with Crippen molar-refractivity contribution in [3.63, 3.8) is 0 Å². The van der Waals surface area contributed by atoms with Gasteiger partial charge in [0.1, 0.15) is 11.1 Å². The number of nitrogens with zero attached hydrogens (tertiary/aromatic N) is 2. The molecule has 5 rings (SSSR count). The van der Waals surface area contributed by atoms with Crippen molar-refractivity contribution in [2.45, 2.75) is 0 Å². The summed E-state index contributed by atoms with van der Waals surface area (Å²) in [6.45, 7) is 0. The van der Waals surface area contributed by atoms with E-state index in [9.17, 15) is 4.57 Å². The van der Waals surface area contributed by atoms with Crippen LogP contribution in [0, 0.1) is 0 Å². The zero-order valence-electron chi connectivity index (χ0n) is 16.2. The highest BCUT2D eigenvalue weighted by Gasteiger charge is 2.35. The monoisotopic (exact) mass is 406 g/mol. The summed E-state index contributed by atoms with van der Waals surface area (Å²) >= 11 is 0. The zero-order chi connectivity index (χ0) is 20.4. The maximum Gasteiger partial charge on any atom is 0.190 e. The third kappa shape index (κ3) is 3.14. The molecule has 3 nitrogen and oxygen atoms in total. The number of hydrogen-bond donors (Lipinski definition) is 0. The van der Waals surface area contributed by atoms with Gasteiger partial charge in [-0.05, 0) is 12.1 Å². The molecule has 0 spiro atoms. The normalized spacial score (nSPS) is 11.5. The van der Waals surface area contributed by atoms with Crippen LogP contribution in [0.25, 0.3) is 22.3 Å². The molecule has 0 radical (unpaired) electrons. The van der Waals surface area contributed by atoms with Gasteiger partial charge in [-0.25, -0.2) is 9.97 Å². The van der Waals surface area contributed by atoms with E-state index in [1.165, 1.54) is 0 Å². The highest BCUT2D eigenvalue weighted by atomic mass is 31.2. The number of hydrogen-bond acceptors (Lipinski definition) is 3. The predicted octanol–water partition coefficient (Wildman–Crippen LogP) is 4.94. The van der Waals surface area contributed by atoms with Crippen LogP contribution in [0.5, 0.6) is 0 Å². The van der Waals surface area contributed by atoms with Gasteiger partial charge in [-0.15, -0.1) is 0 Å². The molecular weight excluding hydrogens is 387 g/mol. The third-order valence-electron chi connectivity index (χ3n) is 5.14. The molecule has 4 aromatic carbocycles. The molecule has 4 heteroatoms. The fraction of sp³-hybridized carbons (Fsp3) is 0. The molecule has 0 atom stereocenters. The first-order valence-electron chi connectivity index (χ1n) is 9.81. The van der Waals surface area contributed by atoms with Crippen molar-refractivity contribution in [2.75, 3.05) is 0 Å². The zero-order valence-corrected chi connectivity index (χ0v) is 17.1. The SMILES string of the molecule is O=P(c1ccccc1)(c1ccccc1)c1nc2ccccc2nc1-c1ccccc1. The van der Waals surface area contributed by atoms with Gasteiger partial charge in [0.05, 0.1) is 11.0 Å². The number of para-hydroxylation sites is 2. The molecule has 0 saturated carbocycles. The van der Waals surface area contributed by atoms with E-state index in [4.69, 9.17) is 9.97 Å². The Labute approximate surface area is 175 Å². The fourth-order valence-corrected chi connectivity index (χ4v) is 6.37. The molecule has 5 aromatic rings. The third-order valence-corrected chi connectivity index (χ3v) is 8.10. The number of rotatable bonds is 4. The van der Waals surface area contributed by atoms with Crippen molar-refractivity contribution >= 4 is 34.2 Å². The Morgan fingerprint density at radius 1 is 0.500 bits per heavy atom. The molecule has 1 aromatic heterocycles. The van der Waals surface area contributed by atoms with E-state index in [1.807, 2.05) is 115 Å². The van der Waals surface area contributed by atoms with Crippen LogP contribution < -0.4 is 16.0 Å². The summed E-state index contributed by atoms with van der Waals surface area (Å²) in [5.41, 5.74) is 3.60. The molecule has 144 valence electrons. The van der Waals surface area contributed by atoms with Crippen molar-refractivity contribution in [3.8, 4) is 11.3 Å². The fourth-order valence-electron chi connectivity index (χ4n) is 3.67. The lowest BCUT2D eigenvalue weighted by Crippen LogP contribution is -2.29. The number of benzene rings is 4.